The summed E-state index contributed by atoms with van der Waals surface area (Å²) in [6, 6.07) is 0.706. The van der Waals surface area contributed by atoms with Gasteiger partial charge in [0.05, 0.1) is 24.3 Å². The second-order valence-corrected chi connectivity index (χ2v) is 12.8. The SMILES string of the molecule is COC1=CC=C(C2CSC(N[C@@H](CN3CC[C@H](C4=CCC(Cl)C=C4)C(C)(C)C3)C(C)C)=N2)CC1. The Hall–Kier alpha value is -1.17. The molecule has 34 heavy (non-hydrogen) atoms. The fourth-order valence-electron chi connectivity index (χ4n) is 5.70. The van der Waals surface area contributed by atoms with E-state index in [2.05, 4.69) is 68.3 Å². The van der Waals surface area contributed by atoms with Gasteiger partial charge in [-0.2, -0.15) is 0 Å². The minimum atomic E-state index is 0.162. The highest BCUT2D eigenvalue weighted by Crippen LogP contribution is 2.41. The molecule has 1 fully saturated rings. The third-order valence-electron chi connectivity index (χ3n) is 7.84. The number of ether oxygens (including phenoxy) is 1. The van der Waals surface area contributed by atoms with Crippen LogP contribution in [0.3, 0.4) is 0 Å². The van der Waals surface area contributed by atoms with Crippen molar-refractivity contribution < 1.29 is 4.74 Å². The van der Waals surface area contributed by atoms with E-state index in [1.54, 1.807) is 7.11 Å². The molecular formula is C28H42ClN3OS. The maximum Gasteiger partial charge on any atom is 0.157 e. The van der Waals surface area contributed by atoms with Crippen LogP contribution < -0.4 is 5.32 Å². The number of thioether (sulfide) groups is 1. The minimum Gasteiger partial charge on any atom is -0.501 e. The third kappa shape index (κ3) is 6.33. The lowest BCUT2D eigenvalue weighted by molar-refractivity contribution is 0.0653. The molecule has 4 aliphatic rings. The van der Waals surface area contributed by atoms with E-state index in [1.807, 2.05) is 11.8 Å². The molecule has 188 valence electrons. The third-order valence-corrected chi connectivity index (χ3v) is 9.14. The zero-order chi connectivity index (χ0) is 24.3. The lowest BCUT2D eigenvalue weighted by Crippen LogP contribution is -2.52. The van der Waals surface area contributed by atoms with Crippen LogP contribution in [0.2, 0.25) is 0 Å². The fraction of sp³-hybridized carbons (Fsp3) is 0.679. The number of hydrogen-bond acceptors (Lipinski definition) is 5. The van der Waals surface area contributed by atoms with E-state index in [0.717, 1.165) is 55.6 Å². The first-order valence-electron chi connectivity index (χ1n) is 12.9. The van der Waals surface area contributed by atoms with Crippen LogP contribution in [-0.4, -0.2) is 60.0 Å². The van der Waals surface area contributed by atoms with Gasteiger partial charge in [-0.05, 0) is 60.3 Å². The Labute approximate surface area is 216 Å². The van der Waals surface area contributed by atoms with Gasteiger partial charge in [0.25, 0.3) is 0 Å². The Morgan fingerprint density at radius 2 is 2.12 bits per heavy atom. The van der Waals surface area contributed by atoms with Gasteiger partial charge in [0.15, 0.2) is 5.17 Å². The second kappa shape index (κ2) is 11.3. The topological polar surface area (TPSA) is 36.9 Å². The molecule has 0 aromatic heterocycles. The lowest BCUT2D eigenvalue weighted by atomic mass is 9.69. The molecule has 2 unspecified atom stereocenters. The number of methoxy groups -OCH3 is 1. The van der Waals surface area contributed by atoms with E-state index in [4.69, 9.17) is 21.3 Å². The molecule has 6 heteroatoms. The summed E-state index contributed by atoms with van der Waals surface area (Å²) < 4.78 is 5.38. The number of aliphatic imine (C=N–C) groups is 1. The Bertz CT molecular complexity index is 888. The van der Waals surface area contributed by atoms with Crippen molar-refractivity contribution in [2.24, 2.45) is 22.2 Å². The Kier molecular flexibility index (Phi) is 8.58. The molecule has 0 bridgehead atoms. The number of rotatable bonds is 7. The summed E-state index contributed by atoms with van der Waals surface area (Å²) >= 11 is 8.15. The summed E-state index contributed by atoms with van der Waals surface area (Å²) in [5.74, 6) is 3.28. The van der Waals surface area contributed by atoms with Crippen molar-refractivity contribution >= 4 is 28.5 Å². The summed E-state index contributed by atoms with van der Waals surface area (Å²) in [4.78, 5) is 7.74. The largest absolute Gasteiger partial charge is 0.501 e. The molecule has 0 aromatic rings. The number of piperidine rings is 1. The maximum absolute atomic E-state index is 6.27. The molecule has 4 atom stereocenters. The van der Waals surface area contributed by atoms with Gasteiger partial charge in [0.2, 0.25) is 0 Å². The number of nitrogens with one attached hydrogen (secondary N) is 1. The quantitative estimate of drug-likeness (QED) is 0.422. The van der Waals surface area contributed by atoms with Gasteiger partial charge in [0.1, 0.15) is 0 Å². The first kappa shape index (κ1) is 25.9. The number of halogens is 1. The molecule has 4 rings (SSSR count). The average Bonchev–Trinajstić information content (AvgIpc) is 3.27. The van der Waals surface area contributed by atoms with Crippen LogP contribution in [0, 0.1) is 17.3 Å². The molecule has 0 amide bonds. The van der Waals surface area contributed by atoms with Crippen LogP contribution in [0.1, 0.15) is 53.4 Å². The second-order valence-electron chi connectivity index (χ2n) is 11.2. The van der Waals surface area contributed by atoms with Crippen molar-refractivity contribution in [2.75, 3.05) is 32.5 Å². The molecule has 2 aliphatic carbocycles. The number of amidine groups is 1. The van der Waals surface area contributed by atoms with Crippen LogP contribution in [0.15, 0.2) is 52.3 Å². The number of allylic oxidation sites excluding steroid dienone is 7. The van der Waals surface area contributed by atoms with Crippen LogP contribution in [0.5, 0.6) is 0 Å². The van der Waals surface area contributed by atoms with Crippen molar-refractivity contribution in [3.05, 3.63) is 47.3 Å². The van der Waals surface area contributed by atoms with E-state index in [0.29, 0.717) is 23.9 Å². The molecule has 1 N–H and O–H groups in total. The summed E-state index contributed by atoms with van der Waals surface area (Å²) in [5.41, 5.74) is 3.18. The van der Waals surface area contributed by atoms with Crippen LogP contribution in [0.4, 0.5) is 0 Å². The molecule has 0 radical (unpaired) electrons. The first-order valence-corrected chi connectivity index (χ1v) is 14.3. The average molecular weight is 504 g/mol. The normalized spacial score (nSPS) is 30.4. The van der Waals surface area contributed by atoms with Crippen molar-refractivity contribution in [1.82, 2.24) is 10.2 Å². The Balaban J connectivity index is 1.35. The van der Waals surface area contributed by atoms with Gasteiger partial charge in [-0.25, -0.2) is 0 Å². The molecule has 0 saturated carbocycles. The highest BCUT2D eigenvalue weighted by molar-refractivity contribution is 8.14. The highest BCUT2D eigenvalue weighted by Gasteiger charge is 2.38. The highest BCUT2D eigenvalue weighted by atomic mass is 35.5. The first-order chi connectivity index (χ1) is 16.2. The zero-order valence-corrected chi connectivity index (χ0v) is 23.1. The Morgan fingerprint density at radius 1 is 1.29 bits per heavy atom. The molecule has 0 spiro atoms. The number of alkyl halides is 1. The van der Waals surface area contributed by atoms with Crippen molar-refractivity contribution in [1.29, 1.82) is 0 Å². The standard InChI is InChI=1S/C28H42ClN3OS/c1-19(2)25(30-27-31-26(17-34-27)21-8-12-23(33-5)13-9-21)16-32-15-14-24(28(3,4)18-32)20-6-10-22(29)11-7-20/h6-8,10,12,19,22,24-26H,9,11,13-18H2,1-5H3,(H,30,31)/t22?,24-,25+,26?/m1/s1. The summed E-state index contributed by atoms with van der Waals surface area (Å²) in [6.07, 6.45) is 15.4. The van der Waals surface area contributed by atoms with Crippen LogP contribution in [0.25, 0.3) is 0 Å². The summed E-state index contributed by atoms with van der Waals surface area (Å²) in [6.45, 7) is 12.9. The number of nitrogens with zero attached hydrogens (tertiary/aromatic N) is 2. The maximum atomic E-state index is 6.27. The van der Waals surface area contributed by atoms with Crippen molar-refractivity contribution in [2.45, 2.75) is 70.8 Å². The fourth-order valence-corrected chi connectivity index (χ4v) is 6.90. The van der Waals surface area contributed by atoms with Gasteiger partial charge >= 0.3 is 0 Å². The van der Waals surface area contributed by atoms with E-state index >= 15 is 0 Å². The number of hydrogen-bond donors (Lipinski definition) is 1. The van der Waals surface area contributed by atoms with E-state index < -0.39 is 0 Å². The molecule has 1 saturated heterocycles. The smallest absolute Gasteiger partial charge is 0.157 e. The minimum absolute atomic E-state index is 0.162. The van der Waals surface area contributed by atoms with E-state index in [9.17, 15) is 0 Å². The van der Waals surface area contributed by atoms with Crippen molar-refractivity contribution in [3.63, 3.8) is 0 Å². The summed E-state index contributed by atoms with van der Waals surface area (Å²) in [5, 5.41) is 5.11. The lowest BCUT2D eigenvalue weighted by Gasteiger charge is -2.46. The molecule has 2 heterocycles. The molecule has 0 aromatic carbocycles. The predicted molar refractivity (Wildman–Crippen MR) is 148 cm³/mol. The van der Waals surface area contributed by atoms with Gasteiger partial charge in [-0.3, -0.25) is 4.99 Å². The van der Waals surface area contributed by atoms with Gasteiger partial charge in [0, 0.05) is 31.3 Å². The monoisotopic (exact) mass is 503 g/mol. The Morgan fingerprint density at radius 3 is 2.74 bits per heavy atom. The summed E-state index contributed by atoms with van der Waals surface area (Å²) in [7, 11) is 1.76. The van der Waals surface area contributed by atoms with E-state index in [1.165, 1.54) is 17.6 Å². The molecular weight excluding hydrogens is 462 g/mol. The zero-order valence-electron chi connectivity index (χ0n) is 21.5. The van der Waals surface area contributed by atoms with Gasteiger partial charge in [-0.1, -0.05) is 63.8 Å². The van der Waals surface area contributed by atoms with Crippen LogP contribution >= 0.6 is 23.4 Å². The van der Waals surface area contributed by atoms with E-state index in [-0.39, 0.29) is 10.8 Å². The predicted octanol–water partition coefficient (Wildman–Crippen LogP) is 6.16. The van der Waals surface area contributed by atoms with Gasteiger partial charge < -0.3 is 15.0 Å². The molecule has 4 nitrogen and oxygen atoms in total. The van der Waals surface area contributed by atoms with Gasteiger partial charge in [-0.15, -0.1) is 11.6 Å². The molecule has 2 aliphatic heterocycles. The number of likely N-dealkylation sites (tertiary alicyclic amines) is 1. The van der Waals surface area contributed by atoms with Crippen LogP contribution in [-0.2, 0) is 4.74 Å². The van der Waals surface area contributed by atoms with Crippen molar-refractivity contribution in [3.8, 4) is 0 Å².